The molecular weight excluding hydrogens is 464 g/mol. The van der Waals surface area contributed by atoms with Crippen molar-refractivity contribution >= 4 is 63.2 Å². The van der Waals surface area contributed by atoms with Gasteiger partial charge in [-0.3, -0.25) is 14.5 Å². The lowest BCUT2D eigenvalue weighted by atomic mass is 10.2. The van der Waals surface area contributed by atoms with Gasteiger partial charge < -0.3 is 0 Å². The lowest BCUT2D eigenvalue weighted by Gasteiger charge is -2.13. The second-order valence-electron chi connectivity index (χ2n) is 5.06. The number of thioether (sulfide) groups is 1. The SMILES string of the molecule is O=C1S/C(=C\c2ccc(I)cc2)C(=O)N1Cc1ccc(F)cc1Cl. The van der Waals surface area contributed by atoms with Crippen molar-refractivity contribution in [3.05, 3.63) is 72.9 Å². The van der Waals surface area contributed by atoms with Crippen molar-refractivity contribution in [2.24, 2.45) is 0 Å². The van der Waals surface area contributed by atoms with E-state index in [2.05, 4.69) is 22.6 Å². The van der Waals surface area contributed by atoms with Crippen molar-refractivity contribution in [3.63, 3.8) is 0 Å². The summed E-state index contributed by atoms with van der Waals surface area (Å²) in [6.45, 7) is 0.0216. The van der Waals surface area contributed by atoms with Crippen LogP contribution in [-0.4, -0.2) is 16.0 Å². The summed E-state index contributed by atoms with van der Waals surface area (Å²) >= 11 is 9.06. The smallest absolute Gasteiger partial charge is 0.268 e. The predicted molar refractivity (Wildman–Crippen MR) is 102 cm³/mol. The van der Waals surface area contributed by atoms with Crippen molar-refractivity contribution < 1.29 is 14.0 Å². The highest BCUT2D eigenvalue weighted by Crippen LogP contribution is 2.34. The number of benzene rings is 2. The molecule has 0 aromatic heterocycles. The average Bonchev–Trinajstić information content (AvgIpc) is 2.79. The fraction of sp³-hybridized carbons (Fsp3) is 0.0588. The summed E-state index contributed by atoms with van der Waals surface area (Å²) in [5.41, 5.74) is 1.37. The quantitative estimate of drug-likeness (QED) is 0.447. The van der Waals surface area contributed by atoms with E-state index in [-0.39, 0.29) is 22.7 Å². The Morgan fingerprint density at radius 3 is 2.54 bits per heavy atom. The highest BCUT2D eigenvalue weighted by molar-refractivity contribution is 14.1. The van der Waals surface area contributed by atoms with Crippen LogP contribution < -0.4 is 0 Å². The van der Waals surface area contributed by atoms with Gasteiger partial charge in [-0.05, 0) is 75.8 Å². The number of hydrogen-bond acceptors (Lipinski definition) is 3. The maximum atomic E-state index is 13.1. The third-order valence-electron chi connectivity index (χ3n) is 3.38. The van der Waals surface area contributed by atoms with Gasteiger partial charge in [0.1, 0.15) is 5.82 Å². The molecular formula is C17H10ClFINO2S. The van der Waals surface area contributed by atoms with Crippen LogP contribution in [0.15, 0.2) is 47.4 Å². The molecule has 1 fully saturated rings. The van der Waals surface area contributed by atoms with Gasteiger partial charge in [0.25, 0.3) is 11.1 Å². The Morgan fingerprint density at radius 1 is 1.17 bits per heavy atom. The van der Waals surface area contributed by atoms with E-state index in [1.54, 1.807) is 6.08 Å². The number of carbonyl (C=O) groups excluding carboxylic acids is 2. The molecule has 1 aliphatic heterocycles. The van der Waals surface area contributed by atoms with Crippen LogP contribution in [0, 0.1) is 9.39 Å². The molecule has 0 spiro atoms. The molecule has 122 valence electrons. The maximum Gasteiger partial charge on any atom is 0.293 e. The predicted octanol–water partition coefficient (Wildman–Crippen LogP) is 5.32. The Bertz CT molecular complexity index is 854. The Labute approximate surface area is 161 Å². The van der Waals surface area contributed by atoms with Gasteiger partial charge in [0.15, 0.2) is 0 Å². The minimum Gasteiger partial charge on any atom is -0.268 e. The summed E-state index contributed by atoms with van der Waals surface area (Å²) < 4.78 is 14.2. The number of nitrogens with zero attached hydrogens (tertiary/aromatic N) is 1. The molecule has 0 aliphatic carbocycles. The first kappa shape index (κ1) is 17.4. The van der Waals surface area contributed by atoms with Crippen LogP contribution in [0.4, 0.5) is 9.18 Å². The Balaban J connectivity index is 1.82. The lowest BCUT2D eigenvalue weighted by molar-refractivity contribution is -0.123. The minimum absolute atomic E-state index is 0.0216. The lowest BCUT2D eigenvalue weighted by Crippen LogP contribution is -2.27. The first-order chi connectivity index (χ1) is 11.4. The molecule has 0 saturated carbocycles. The number of imide groups is 1. The zero-order valence-electron chi connectivity index (χ0n) is 12.1. The summed E-state index contributed by atoms with van der Waals surface area (Å²) in [6.07, 6.45) is 1.69. The molecule has 1 aliphatic rings. The number of rotatable bonds is 3. The highest BCUT2D eigenvalue weighted by Gasteiger charge is 2.35. The average molecular weight is 474 g/mol. The van der Waals surface area contributed by atoms with Crippen LogP contribution in [-0.2, 0) is 11.3 Å². The van der Waals surface area contributed by atoms with Crippen molar-refractivity contribution in [2.75, 3.05) is 0 Å². The van der Waals surface area contributed by atoms with Crippen LogP contribution in [0.3, 0.4) is 0 Å². The molecule has 0 bridgehead atoms. The van der Waals surface area contributed by atoms with E-state index in [0.717, 1.165) is 31.9 Å². The molecule has 0 unspecified atom stereocenters. The molecule has 0 atom stereocenters. The Morgan fingerprint density at radius 2 is 1.88 bits per heavy atom. The maximum absolute atomic E-state index is 13.1. The van der Waals surface area contributed by atoms with Crippen LogP contribution >= 0.6 is 46.0 Å². The molecule has 24 heavy (non-hydrogen) atoms. The van der Waals surface area contributed by atoms with Gasteiger partial charge >= 0.3 is 0 Å². The fourth-order valence-corrected chi connectivity index (χ4v) is 3.59. The van der Waals surface area contributed by atoms with E-state index < -0.39 is 5.82 Å². The number of hydrogen-bond donors (Lipinski definition) is 0. The van der Waals surface area contributed by atoms with E-state index >= 15 is 0 Å². The first-order valence-corrected chi connectivity index (χ1v) is 9.16. The molecule has 0 N–H and O–H groups in total. The largest absolute Gasteiger partial charge is 0.293 e. The van der Waals surface area contributed by atoms with E-state index in [4.69, 9.17) is 11.6 Å². The summed E-state index contributed by atoms with van der Waals surface area (Å²) in [5, 5.41) is -0.173. The third-order valence-corrected chi connectivity index (χ3v) is 5.36. The van der Waals surface area contributed by atoms with Gasteiger partial charge in [-0.2, -0.15) is 0 Å². The molecule has 1 heterocycles. The van der Waals surface area contributed by atoms with Gasteiger partial charge in [-0.1, -0.05) is 29.8 Å². The fourth-order valence-electron chi connectivity index (χ4n) is 2.17. The molecule has 7 heteroatoms. The Hall–Kier alpha value is -1.38. The third kappa shape index (κ3) is 3.81. The summed E-state index contributed by atoms with van der Waals surface area (Å²) in [4.78, 5) is 26.1. The van der Waals surface area contributed by atoms with Crippen LogP contribution in [0.25, 0.3) is 6.08 Å². The van der Waals surface area contributed by atoms with Crippen molar-refractivity contribution in [3.8, 4) is 0 Å². The van der Waals surface area contributed by atoms with E-state index in [1.165, 1.54) is 12.1 Å². The summed E-state index contributed by atoms with van der Waals surface area (Å²) in [7, 11) is 0. The topological polar surface area (TPSA) is 37.4 Å². The molecule has 3 rings (SSSR count). The van der Waals surface area contributed by atoms with Crippen LogP contribution in [0.5, 0.6) is 0 Å². The highest BCUT2D eigenvalue weighted by atomic mass is 127. The van der Waals surface area contributed by atoms with Crippen molar-refractivity contribution in [1.29, 1.82) is 0 Å². The zero-order chi connectivity index (χ0) is 17.3. The van der Waals surface area contributed by atoms with Crippen LogP contribution in [0.1, 0.15) is 11.1 Å². The second-order valence-corrected chi connectivity index (χ2v) is 7.70. The number of halogens is 3. The van der Waals surface area contributed by atoms with Crippen molar-refractivity contribution in [1.82, 2.24) is 4.90 Å². The molecule has 1 saturated heterocycles. The van der Waals surface area contributed by atoms with E-state index in [9.17, 15) is 14.0 Å². The Kier molecular flexibility index (Phi) is 5.27. The van der Waals surface area contributed by atoms with Gasteiger partial charge in [-0.25, -0.2) is 4.39 Å². The first-order valence-electron chi connectivity index (χ1n) is 6.89. The van der Waals surface area contributed by atoms with Gasteiger partial charge in [0.2, 0.25) is 0 Å². The second kappa shape index (κ2) is 7.25. The van der Waals surface area contributed by atoms with Gasteiger partial charge in [0.05, 0.1) is 11.4 Å². The molecule has 3 nitrogen and oxygen atoms in total. The van der Waals surface area contributed by atoms with Crippen molar-refractivity contribution in [2.45, 2.75) is 6.54 Å². The van der Waals surface area contributed by atoms with Gasteiger partial charge in [-0.15, -0.1) is 0 Å². The molecule has 0 radical (unpaired) electrons. The zero-order valence-corrected chi connectivity index (χ0v) is 15.9. The number of amides is 2. The normalized spacial score (nSPS) is 16.3. The van der Waals surface area contributed by atoms with Gasteiger partial charge in [0, 0.05) is 8.59 Å². The van der Waals surface area contributed by atoms with E-state index in [0.29, 0.717) is 10.5 Å². The van der Waals surface area contributed by atoms with E-state index in [1.807, 2.05) is 24.3 Å². The summed E-state index contributed by atoms with van der Waals surface area (Å²) in [6, 6.07) is 11.5. The molecule has 2 amide bonds. The standard InChI is InChI=1S/C17H10ClFINO2S/c18-14-8-12(19)4-3-11(14)9-21-16(22)15(24-17(21)23)7-10-1-5-13(20)6-2-10/h1-8H,9H2/b15-7-. The summed E-state index contributed by atoms with van der Waals surface area (Å²) in [5.74, 6) is -0.833. The monoisotopic (exact) mass is 473 g/mol. The van der Waals surface area contributed by atoms with Crippen LogP contribution in [0.2, 0.25) is 5.02 Å². The molecule has 2 aromatic carbocycles. The molecule has 2 aromatic rings. The number of carbonyl (C=O) groups is 2. The minimum atomic E-state index is -0.462.